The number of halogens is 1. The molecule has 1 heterocycles. The maximum absolute atomic E-state index is 11.5. The highest BCUT2D eigenvalue weighted by Gasteiger charge is 2.33. The highest BCUT2D eigenvalue weighted by molar-refractivity contribution is 9.09. The normalized spacial score (nSPS) is 23.7. The fourth-order valence-corrected chi connectivity index (χ4v) is 5.48. The van der Waals surface area contributed by atoms with Crippen molar-refractivity contribution in [3.8, 4) is 0 Å². The zero-order valence-corrected chi connectivity index (χ0v) is 13.9. The molecule has 1 aliphatic rings. The van der Waals surface area contributed by atoms with Crippen LogP contribution in [0, 0.1) is 11.8 Å². The molecule has 0 N–H and O–H groups in total. The van der Waals surface area contributed by atoms with Crippen LogP contribution in [0.5, 0.6) is 0 Å². The predicted octanol–water partition coefficient (Wildman–Crippen LogP) is 3.76. The van der Waals surface area contributed by atoms with Crippen molar-refractivity contribution >= 4 is 25.8 Å². The third-order valence-electron chi connectivity index (χ3n) is 3.62. The Kier molecular flexibility index (Phi) is 4.72. The van der Waals surface area contributed by atoms with Crippen LogP contribution >= 0.6 is 15.9 Å². The standard InChI is InChI=1S/C15H21BrO2S/c1-11(2)9-12-3-5-13(6-4-12)15(16)14-7-8-19(17,18)10-14/h3-6,11,14-15H,7-10H2,1-2H3. The smallest absolute Gasteiger partial charge is 0.150 e. The average molecular weight is 345 g/mol. The van der Waals surface area contributed by atoms with Gasteiger partial charge >= 0.3 is 0 Å². The highest BCUT2D eigenvalue weighted by atomic mass is 79.9. The molecule has 19 heavy (non-hydrogen) atoms. The molecule has 0 bridgehead atoms. The second-order valence-electron chi connectivity index (χ2n) is 5.90. The van der Waals surface area contributed by atoms with E-state index in [2.05, 4.69) is 54.0 Å². The summed E-state index contributed by atoms with van der Waals surface area (Å²) < 4.78 is 23.1. The minimum Gasteiger partial charge on any atom is -0.229 e. The largest absolute Gasteiger partial charge is 0.229 e. The van der Waals surface area contributed by atoms with Crippen molar-refractivity contribution < 1.29 is 8.42 Å². The van der Waals surface area contributed by atoms with Crippen molar-refractivity contribution in [2.75, 3.05) is 11.5 Å². The summed E-state index contributed by atoms with van der Waals surface area (Å²) in [4.78, 5) is 0.151. The van der Waals surface area contributed by atoms with Crippen LogP contribution in [-0.4, -0.2) is 19.9 Å². The first-order valence-electron chi connectivity index (χ1n) is 6.81. The number of hydrogen-bond acceptors (Lipinski definition) is 2. The number of alkyl halides is 1. The van der Waals surface area contributed by atoms with Crippen LogP contribution in [0.15, 0.2) is 24.3 Å². The number of hydrogen-bond donors (Lipinski definition) is 0. The van der Waals surface area contributed by atoms with E-state index in [1.807, 2.05) is 0 Å². The third-order valence-corrected chi connectivity index (χ3v) is 6.69. The first kappa shape index (κ1) is 15.0. The summed E-state index contributed by atoms with van der Waals surface area (Å²) in [5.41, 5.74) is 2.53. The van der Waals surface area contributed by atoms with E-state index in [9.17, 15) is 8.42 Å². The Labute approximate surface area is 124 Å². The summed E-state index contributed by atoms with van der Waals surface area (Å²) in [6, 6.07) is 8.57. The Bertz CT molecular complexity index is 520. The topological polar surface area (TPSA) is 34.1 Å². The average Bonchev–Trinajstić information content (AvgIpc) is 2.69. The van der Waals surface area contributed by atoms with Gasteiger partial charge in [0.25, 0.3) is 0 Å². The molecule has 1 saturated heterocycles. The van der Waals surface area contributed by atoms with E-state index in [1.54, 1.807) is 0 Å². The molecular formula is C15H21BrO2S. The Morgan fingerprint density at radius 2 is 1.89 bits per heavy atom. The van der Waals surface area contributed by atoms with E-state index in [1.165, 1.54) is 11.1 Å². The van der Waals surface area contributed by atoms with E-state index in [0.717, 1.165) is 12.8 Å². The number of rotatable bonds is 4. The van der Waals surface area contributed by atoms with Crippen molar-refractivity contribution in [2.24, 2.45) is 11.8 Å². The molecule has 0 saturated carbocycles. The molecule has 0 radical (unpaired) electrons. The van der Waals surface area contributed by atoms with Gasteiger partial charge in [-0.2, -0.15) is 0 Å². The van der Waals surface area contributed by atoms with Crippen LogP contribution in [0.3, 0.4) is 0 Å². The molecule has 0 aromatic heterocycles. The molecule has 2 atom stereocenters. The molecule has 2 rings (SSSR count). The van der Waals surface area contributed by atoms with Gasteiger partial charge in [0, 0.05) is 4.83 Å². The second kappa shape index (κ2) is 5.96. The SMILES string of the molecule is CC(C)Cc1ccc(C(Br)C2CCS(=O)(=O)C2)cc1. The Morgan fingerprint density at radius 3 is 2.37 bits per heavy atom. The molecule has 0 aliphatic carbocycles. The van der Waals surface area contributed by atoms with Crippen LogP contribution < -0.4 is 0 Å². The molecule has 0 spiro atoms. The first-order valence-corrected chi connectivity index (χ1v) is 9.54. The van der Waals surface area contributed by atoms with Crippen LogP contribution in [0.2, 0.25) is 0 Å². The molecule has 1 fully saturated rings. The van der Waals surface area contributed by atoms with Crippen LogP contribution in [0.4, 0.5) is 0 Å². The van der Waals surface area contributed by atoms with Gasteiger partial charge in [-0.3, -0.25) is 0 Å². The quantitative estimate of drug-likeness (QED) is 0.779. The summed E-state index contributed by atoms with van der Waals surface area (Å²) >= 11 is 3.68. The van der Waals surface area contributed by atoms with Gasteiger partial charge < -0.3 is 0 Å². The lowest BCUT2D eigenvalue weighted by Gasteiger charge is -2.17. The fourth-order valence-electron chi connectivity index (χ4n) is 2.64. The van der Waals surface area contributed by atoms with Gasteiger partial charge in [0.15, 0.2) is 9.84 Å². The number of sulfone groups is 1. The van der Waals surface area contributed by atoms with Gasteiger partial charge in [-0.25, -0.2) is 8.42 Å². The van der Waals surface area contributed by atoms with E-state index in [4.69, 9.17) is 0 Å². The van der Waals surface area contributed by atoms with Gasteiger partial charge in [-0.15, -0.1) is 0 Å². The van der Waals surface area contributed by atoms with Gasteiger partial charge in [0.2, 0.25) is 0 Å². The molecule has 4 heteroatoms. The van der Waals surface area contributed by atoms with Crippen molar-refractivity contribution in [2.45, 2.75) is 31.5 Å². The summed E-state index contributed by atoms with van der Waals surface area (Å²) in [7, 11) is -2.80. The van der Waals surface area contributed by atoms with Crippen molar-refractivity contribution in [3.05, 3.63) is 35.4 Å². The molecule has 2 nitrogen and oxygen atoms in total. The van der Waals surface area contributed by atoms with Crippen molar-refractivity contribution in [3.63, 3.8) is 0 Å². The van der Waals surface area contributed by atoms with E-state index >= 15 is 0 Å². The lowest BCUT2D eigenvalue weighted by molar-refractivity contribution is 0.579. The summed E-state index contributed by atoms with van der Waals surface area (Å²) in [5.74, 6) is 1.52. The molecular weight excluding hydrogens is 324 g/mol. The van der Waals surface area contributed by atoms with Crippen LogP contribution in [0.1, 0.15) is 36.2 Å². The molecule has 106 valence electrons. The zero-order chi connectivity index (χ0) is 14.0. The van der Waals surface area contributed by atoms with Crippen molar-refractivity contribution in [1.29, 1.82) is 0 Å². The maximum atomic E-state index is 11.5. The zero-order valence-electron chi connectivity index (χ0n) is 11.5. The van der Waals surface area contributed by atoms with Crippen LogP contribution in [-0.2, 0) is 16.3 Å². The Hall–Kier alpha value is -0.350. The van der Waals surface area contributed by atoms with Gasteiger partial charge in [0.05, 0.1) is 11.5 Å². The minimum atomic E-state index is -2.80. The second-order valence-corrected chi connectivity index (χ2v) is 9.12. The van der Waals surface area contributed by atoms with Crippen LogP contribution in [0.25, 0.3) is 0 Å². The van der Waals surface area contributed by atoms with Crippen molar-refractivity contribution in [1.82, 2.24) is 0 Å². The summed E-state index contributed by atoms with van der Waals surface area (Å²) in [6.07, 6.45) is 1.86. The fraction of sp³-hybridized carbons (Fsp3) is 0.600. The summed E-state index contributed by atoms with van der Waals surface area (Å²) in [6.45, 7) is 4.43. The van der Waals surface area contributed by atoms with E-state index < -0.39 is 9.84 Å². The Balaban J connectivity index is 2.06. The monoisotopic (exact) mass is 344 g/mol. The highest BCUT2D eigenvalue weighted by Crippen LogP contribution is 2.37. The molecule has 1 aliphatic heterocycles. The van der Waals surface area contributed by atoms with E-state index in [-0.39, 0.29) is 10.7 Å². The summed E-state index contributed by atoms with van der Waals surface area (Å²) in [5, 5.41) is 0. The van der Waals surface area contributed by atoms with E-state index in [0.29, 0.717) is 17.4 Å². The predicted molar refractivity (Wildman–Crippen MR) is 83.4 cm³/mol. The lowest BCUT2D eigenvalue weighted by atomic mass is 9.96. The number of benzene rings is 1. The first-order chi connectivity index (χ1) is 8.87. The molecule has 1 aromatic rings. The third kappa shape index (κ3) is 4.06. The lowest BCUT2D eigenvalue weighted by Crippen LogP contribution is -2.10. The minimum absolute atomic E-state index is 0.151. The molecule has 2 unspecified atom stereocenters. The maximum Gasteiger partial charge on any atom is 0.150 e. The molecule has 0 amide bonds. The Morgan fingerprint density at radius 1 is 1.26 bits per heavy atom. The van der Waals surface area contributed by atoms with Gasteiger partial charge in [-0.05, 0) is 35.8 Å². The van der Waals surface area contributed by atoms with Gasteiger partial charge in [0.1, 0.15) is 0 Å². The molecule has 1 aromatic carbocycles. The van der Waals surface area contributed by atoms with Gasteiger partial charge in [-0.1, -0.05) is 54.0 Å².